The van der Waals surface area contributed by atoms with E-state index in [2.05, 4.69) is 84.9 Å². The number of allylic oxidation sites excluding steroid dienone is 1. The average Bonchev–Trinajstić information content (AvgIpc) is 3.60. The normalized spacial score (nSPS) is 12.5. The summed E-state index contributed by atoms with van der Waals surface area (Å²) in [5.74, 6) is 1.63. The number of aromatic nitrogens is 3. The molecular weight excluding hydrogens is 651 g/mol. The first-order valence-electron chi connectivity index (χ1n) is 17.4. The highest BCUT2D eigenvalue weighted by Crippen LogP contribution is 2.35. The Labute approximate surface area is 304 Å². The molecule has 53 heavy (non-hydrogen) atoms. The van der Waals surface area contributed by atoms with E-state index in [9.17, 15) is 0 Å². The second-order valence-electron chi connectivity index (χ2n) is 13.2. The van der Waals surface area contributed by atoms with Crippen LogP contribution in [0.5, 0.6) is 0 Å². The minimum atomic E-state index is 0.205. The van der Waals surface area contributed by atoms with Crippen LogP contribution in [-0.4, -0.2) is 26.4 Å². The zero-order valence-corrected chi connectivity index (χ0v) is 28.3. The van der Waals surface area contributed by atoms with E-state index in [-0.39, 0.29) is 11.4 Å². The Bertz CT molecular complexity index is 2990. The Balaban J connectivity index is 1.12. The van der Waals surface area contributed by atoms with Crippen LogP contribution < -0.4 is 0 Å². The monoisotopic (exact) mass is 679 g/mol. The van der Waals surface area contributed by atoms with Crippen molar-refractivity contribution in [2.45, 2.75) is 0 Å². The van der Waals surface area contributed by atoms with Gasteiger partial charge in [-0.15, -0.1) is 0 Å². The number of benzene rings is 7. The van der Waals surface area contributed by atoms with Gasteiger partial charge in [-0.2, -0.15) is 0 Å². The summed E-state index contributed by atoms with van der Waals surface area (Å²) in [6.07, 6.45) is 3.58. The minimum Gasteiger partial charge on any atom is -0.456 e. The van der Waals surface area contributed by atoms with E-state index < -0.39 is 0 Å². The molecule has 1 aliphatic rings. The predicted octanol–water partition coefficient (Wildman–Crippen LogP) is 11.7. The number of furan rings is 1. The summed E-state index contributed by atoms with van der Waals surface area (Å²) in [7, 11) is 0. The Hall–Kier alpha value is -7.31. The standard InChI is InChI=1S/C47H29N5O/c48-40-23-20-29-16-17-33-26-35(18-21-37(33)43(29)44(40)49)46-50-45(51-47(52-46)36-19-22-39-38-14-4-5-15-41(38)53-42(39)27-36)34-13-7-12-32(25-34)31-11-6-10-30(24-31)28-8-2-1-3-9-28/h1-27,48-49H. The Morgan fingerprint density at radius 2 is 0.962 bits per heavy atom. The fourth-order valence-corrected chi connectivity index (χ4v) is 7.27. The molecule has 10 rings (SSSR count). The summed E-state index contributed by atoms with van der Waals surface area (Å²) in [5.41, 5.74) is 10.7. The lowest BCUT2D eigenvalue weighted by atomic mass is 9.89. The molecule has 0 saturated heterocycles. The van der Waals surface area contributed by atoms with Crippen LogP contribution in [0.4, 0.5) is 0 Å². The largest absolute Gasteiger partial charge is 0.456 e. The molecule has 0 fully saturated rings. The van der Waals surface area contributed by atoms with E-state index >= 15 is 0 Å². The highest BCUT2D eigenvalue weighted by atomic mass is 16.3. The molecule has 0 saturated carbocycles. The first kappa shape index (κ1) is 30.5. The van der Waals surface area contributed by atoms with Crippen molar-refractivity contribution in [2.24, 2.45) is 0 Å². The summed E-state index contributed by atoms with van der Waals surface area (Å²) < 4.78 is 6.25. The number of para-hydroxylation sites is 1. The molecular formula is C47H29N5O. The zero-order valence-electron chi connectivity index (χ0n) is 28.3. The Kier molecular flexibility index (Phi) is 7.01. The van der Waals surface area contributed by atoms with Crippen LogP contribution in [0.2, 0.25) is 0 Å². The van der Waals surface area contributed by atoms with Gasteiger partial charge < -0.3 is 4.42 Å². The van der Waals surface area contributed by atoms with E-state index in [1.807, 2.05) is 72.8 Å². The molecule has 0 bridgehead atoms. The van der Waals surface area contributed by atoms with Crippen molar-refractivity contribution in [2.75, 3.05) is 0 Å². The van der Waals surface area contributed by atoms with Crippen molar-refractivity contribution in [1.82, 2.24) is 15.0 Å². The van der Waals surface area contributed by atoms with Gasteiger partial charge in [0.1, 0.15) is 11.2 Å². The van der Waals surface area contributed by atoms with Crippen LogP contribution in [0.3, 0.4) is 0 Å². The third-order valence-corrected chi connectivity index (χ3v) is 9.96. The number of hydrogen-bond acceptors (Lipinski definition) is 6. The molecule has 6 nitrogen and oxygen atoms in total. The van der Waals surface area contributed by atoms with E-state index in [4.69, 9.17) is 30.2 Å². The fourth-order valence-electron chi connectivity index (χ4n) is 7.27. The molecule has 2 aromatic heterocycles. The molecule has 0 atom stereocenters. The van der Waals surface area contributed by atoms with Crippen LogP contribution in [0.25, 0.3) is 95.2 Å². The van der Waals surface area contributed by atoms with Crippen molar-refractivity contribution in [1.29, 1.82) is 10.8 Å². The lowest BCUT2D eigenvalue weighted by molar-refractivity contribution is 0.669. The van der Waals surface area contributed by atoms with Crippen molar-refractivity contribution in [3.8, 4) is 56.4 Å². The lowest BCUT2D eigenvalue weighted by Gasteiger charge is -2.16. The molecule has 1 aliphatic carbocycles. The second-order valence-corrected chi connectivity index (χ2v) is 13.2. The van der Waals surface area contributed by atoms with Crippen molar-refractivity contribution < 1.29 is 4.42 Å². The smallest absolute Gasteiger partial charge is 0.164 e. The molecule has 0 radical (unpaired) electrons. The van der Waals surface area contributed by atoms with Crippen LogP contribution in [0.1, 0.15) is 11.1 Å². The fraction of sp³-hybridized carbons (Fsp3) is 0. The Morgan fingerprint density at radius 3 is 1.72 bits per heavy atom. The third-order valence-electron chi connectivity index (χ3n) is 9.96. The van der Waals surface area contributed by atoms with Gasteiger partial charge in [0.15, 0.2) is 17.5 Å². The summed E-state index contributed by atoms with van der Waals surface area (Å²) in [5, 5.41) is 20.8. The van der Waals surface area contributed by atoms with E-state index in [0.29, 0.717) is 17.5 Å². The van der Waals surface area contributed by atoms with Crippen molar-refractivity contribution in [3.63, 3.8) is 0 Å². The lowest BCUT2D eigenvalue weighted by Crippen LogP contribution is -2.16. The summed E-state index contributed by atoms with van der Waals surface area (Å²) in [6.45, 7) is 0. The van der Waals surface area contributed by atoms with E-state index in [1.54, 1.807) is 6.08 Å². The molecule has 9 aromatic rings. The summed E-state index contributed by atoms with van der Waals surface area (Å²) in [4.78, 5) is 15.2. The number of rotatable bonds is 5. The molecule has 248 valence electrons. The van der Waals surface area contributed by atoms with Crippen LogP contribution in [0, 0.1) is 10.8 Å². The van der Waals surface area contributed by atoms with Crippen LogP contribution >= 0.6 is 0 Å². The van der Waals surface area contributed by atoms with Gasteiger partial charge in [0.05, 0.1) is 11.4 Å². The average molecular weight is 680 g/mol. The van der Waals surface area contributed by atoms with Crippen molar-refractivity contribution >= 4 is 50.2 Å². The minimum absolute atomic E-state index is 0.205. The van der Waals surface area contributed by atoms with Gasteiger partial charge in [-0.05, 0) is 81.1 Å². The highest BCUT2D eigenvalue weighted by Gasteiger charge is 2.20. The first-order chi connectivity index (χ1) is 26.1. The molecule has 0 amide bonds. The van der Waals surface area contributed by atoms with E-state index in [0.717, 1.165) is 77.2 Å². The molecule has 0 spiro atoms. The summed E-state index contributed by atoms with van der Waals surface area (Å²) in [6, 6.07) is 51.6. The van der Waals surface area contributed by atoms with Gasteiger partial charge in [0, 0.05) is 33.0 Å². The van der Waals surface area contributed by atoms with Gasteiger partial charge in [-0.25, -0.2) is 15.0 Å². The zero-order chi connectivity index (χ0) is 35.5. The molecule has 7 aromatic carbocycles. The summed E-state index contributed by atoms with van der Waals surface area (Å²) >= 11 is 0. The quantitative estimate of drug-likeness (QED) is 0.189. The Morgan fingerprint density at radius 1 is 0.396 bits per heavy atom. The topological polar surface area (TPSA) is 99.5 Å². The first-order valence-corrected chi connectivity index (χ1v) is 17.4. The van der Waals surface area contributed by atoms with Crippen molar-refractivity contribution in [3.05, 3.63) is 169 Å². The highest BCUT2D eigenvalue weighted by molar-refractivity contribution is 6.53. The number of nitrogens with zero attached hydrogens (tertiary/aromatic N) is 3. The van der Waals surface area contributed by atoms with Crippen LogP contribution in [0.15, 0.2) is 162 Å². The molecule has 0 aliphatic heterocycles. The second kappa shape index (κ2) is 12.2. The van der Waals surface area contributed by atoms with Gasteiger partial charge in [0.2, 0.25) is 0 Å². The molecule has 2 N–H and O–H groups in total. The maximum atomic E-state index is 8.63. The van der Waals surface area contributed by atoms with Gasteiger partial charge in [-0.3, -0.25) is 10.8 Å². The third kappa shape index (κ3) is 5.32. The predicted molar refractivity (Wildman–Crippen MR) is 215 cm³/mol. The molecule has 2 heterocycles. The number of nitrogens with one attached hydrogen (secondary N) is 2. The number of hydrogen-bond donors (Lipinski definition) is 2. The maximum absolute atomic E-state index is 8.63. The molecule has 0 unspecified atom stereocenters. The SMILES string of the molecule is N=C1C=Cc2ccc3cc(-c4nc(-c5cccc(-c6cccc(-c7ccccc7)c6)c5)nc(-c5ccc6c(c5)oc5ccccc56)n4)ccc3c2C1=N. The van der Waals surface area contributed by atoms with E-state index in [1.165, 1.54) is 5.56 Å². The maximum Gasteiger partial charge on any atom is 0.164 e. The van der Waals surface area contributed by atoms with Gasteiger partial charge in [0.25, 0.3) is 0 Å². The molecule has 6 heteroatoms. The van der Waals surface area contributed by atoms with Gasteiger partial charge in [-0.1, -0.05) is 121 Å². The van der Waals surface area contributed by atoms with Crippen LogP contribution in [-0.2, 0) is 0 Å². The number of fused-ring (bicyclic) bond motifs is 6. The van der Waals surface area contributed by atoms with Gasteiger partial charge >= 0.3 is 0 Å².